The van der Waals surface area contributed by atoms with Crippen LogP contribution < -0.4 is 15.0 Å². The predicted molar refractivity (Wildman–Crippen MR) is 106 cm³/mol. The van der Waals surface area contributed by atoms with Crippen molar-refractivity contribution in [2.75, 3.05) is 30.0 Å². The van der Waals surface area contributed by atoms with Gasteiger partial charge in [-0.15, -0.1) is 0 Å². The quantitative estimate of drug-likeness (QED) is 0.436. The molecule has 0 aromatic heterocycles. The Morgan fingerprint density at radius 2 is 2.00 bits per heavy atom. The number of ether oxygens (including phenoxy) is 2. The van der Waals surface area contributed by atoms with E-state index in [1.807, 2.05) is 26.0 Å². The van der Waals surface area contributed by atoms with E-state index in [0.717, 1.165) is 22.1 Å². The zero-order chi connectivity index (χ0) is 21.8. The second kappa shape index (κ2) is 8.60. The Morgan fingerprint density at radius 1 is 1.23 bits per heavy atom. The lowest BCUT2D eigenvalue weighted by Crippen LogP contribution is -2.42. The molecule has 10 nitrogen and oxygen atoms in total. The number of carbonyl (C=O) groups excluding carboxylic acids is 3. The smallest absolute Gasteiger partial charge is 0.326 e. The molecular formula is C20H19N3O7. The average molecular weight is 413 g/mol. The Balaban J connectivity index is 1.63. The maximum absolute atomic E-state index is 12.2. The molecular weight excluding hydrogens is 394 g/mol. The van der Waals surface area contributed by atoms with E-state index < -0.39 is 35.9 Å². The van der Waals surface area contributed by atoms with E-state index in [4.69, 9.17) is 9.47 Å². The Kier molecular flexibility index (Phi) is 5.95. The van der Waals surface area contributed by atoms with Crippen LogP contribution in [0.3, 0.4) is 0 Å². The van der Waals surface area contributed by atoms with Gasteiger partial charge in [-0.25, -0.2) is 0 Å². The molecule has 0 atom stereocenters. The van der Waals surface area contributed by atoms with Gasteiger partial charge in [0.1, 0.15) is 12.3 Å². The number of esters is 1. The topological polar surface area (TPSA) is 128 Å². The van der Waals surface area contributed by atoms with E-state index in [2.05, 4.69) is 5.32 Å². The number of nitrogens with zero attached hydrogens (tertiary/aromatic N) is 2. The molecule has 0 unspecified atom stereocenters. The maximum Gasteiger partial charge on any atom is 0.326 e. The molecule has 0 radical (unpaired) electrons. The Hall–Kier alpha value is -3.95. The summed E-state index contributed by atoms with van der Waals surface area (Å²) in [5.74, 6) is -1.68. The highest BCUT2D eigenvalue weighted by molar-refractivity contribution is 6.02. The number of fused-ring (bicyclic) bond motifs is 1. The zero-order valence-electron chi connectivity index (χ0n) is 16.3. The molecule has 0 saturated carbocycles. The minimum Gasteiger partial charge on any atom is -0.482 e. The Morgan fingerprint density at radius 3 is 2.73 bits per heavy atom. The molecule has 1 heterocycles. The normalized spacial score (nSPS) is 12.6. The number of benzene rings is 2. The highest BCUT2D eigenvalue weighted by Gasteiger charge is 2.29. The molecule has 30 heavy (non-hydrogen) atoms. The molecule has 0 aliphatic carbocycles. The summed E-state index contributed by atoms with van der Waals surface area (Å²) in [6.45, 7) is 2.36. The van der Waals surface area contributed by atoms with Crippen molar-refractivity contribution in [1.82, 2.24) is 0 Å². The summed E-state index contributed by atoms with van der Waals surface area (Å²) in [6.07, 6.45) is 0. The van der Waals surface area contributed by atoms with Crippen LogP contribution >= 0.6 is 0 Å². The van der Waals surface area contributed by atoms with Crippen LogP contribution in [-0.4, -0.2) is 42.5 Å². The highest BCUT2D eigenvalue weighted by atomic mass is 16.6. The fraction of sp³-hybridized carbons (Fsp3) is 0.250. The lowest BCUT2D eigenvalue weighted by molar-refractivity contribution is -0.384. The summed E-state index contributed by atoms with van der Waals surface area (Å²) < 4.78 is 10.2. The van der Waals surface area contributed by atoms with Gasteiger partial charge >= 0.3 is 5.97 Å². The monoisotopic (exact) mass is 413 g/mol. The molecule has 156 valence electrons. The number of hydrogen-bond acceptors (Lipinski definition) is 7. The number of amides is 2. The number of nitro benzene ring substituents is 1. The molecule has 2 amide bonds. The van der Waals surface area contributed by atoms with Gasteiger partial charge in [0.15, 0.2) is 13.2 Å². The number of aryl methyl sites for hydroxylation is 2. The van der Waals surface area contributed by atoms with Gasteiger partial charge < -0.3 is 14.8 Å². The third kappa shape index (κ3) is 4.72. The van der Waals surface area contributed by atoms with E-state index in [1.54, 1.807) is 6.07 Å². The van der Waals surface area contributed by atoms with Crippen LogP contribution in [0, 0.1) is 24.0 Å². The number of non-ortho nitro benzene ring substituents is 1. The van der Waals surface area contributed by atoms with Gasteiger partial charge in [-0.3, -0.25) is 29.4 Å². The minimum atomic E-state index is -0.834. The molecule has 1 aliphatic rings. The van der Waals surface area contributed by atoms with Gasteiger partial charge in [0.25, 0.3) is 17.5 Å². The summed E-state index contributed by atoms with van der Waals surface area (Å²) >= 11 is 0. The van der Waals surface area contributed by atoms with Gasteiger partial charge in [0, 0.05) is 17.8 Å². The molecule has 0 fully saturated rings. The first-order chi connectivity index (χ1) is 14.2. The zero-order valence-corrected chi connectivity index (χ0v) is 16.3. The fourth-order valence-corrected chi connectivity index (χ4v) is 2.86. The number of anilines is 2. The van der Waals surface area contributed by atoms with E-state index >= 15 is 0 Å². The highest BCUT2D eigenvalue weighted by Crippen LogP contribution is 2.35. The summed E-state index contributed by atoms with van der Waals surface area (Å²) in [5, 5.41) is 13.7. The molecule has 1 aliphatic heterocycles. The van der Waals surface area contributed by atoms with E-state index in [-0.39, 0.29) is 23.7 Å². The number of nitro groups is 1. The summed E-state index contributed by atoms with van der Waals surface area (Å²) in [4.78, 5) is 47.9. The van der Waals surface area contributed by atoms with Gasteiger partial charge in [0.05, 0.1) is 10.6 Å². The number of hydrogen-bond donors (Lipinski definition) is 1. The lowest BCUT2D eigenvalue weighted by Gasteiger charge is -2.28. The van der Waals surface area contributed by atoms with Gasteiger partial charge in [-0.05, 0) is 37.1 Å². The Bertz CT molecular complexity index is 1040. The fourth-order valence-electron chi connectivity index (χ4n) is 2.86. The minimum absolute atomic E-state index is 0.0947. The third-order valence-electron chi connectivity index (χ3n) is 4.41. The van der Waals surface area contributed by atoms with E-state index in [0.29, 0.717) is 5.69 Å². The Labute approximate surface area is 171 Å². The third-order valence-corrected chi connectivity index (χ3v) is 4.41. The second-order valence-corrected chi connectivity index (χ2v) is 6.70. The van der Waals surface area contributed by atoms with Gasteiger partial charge in [0.2, 0.25) is 0 Å². The van der Waals surface area contributed by atoms with Crippen LogP contribution in [0.2, 0.25) is 0 Å². The molecule has 10 heteroatoms. The van der Waals surface area contributed by atoms with Crippen LogP contribution in [-0.2, 0) is 19.1 Å². The van der Waals surface area contributed by atoms with Crippen molar-refractivity contribution < 1.29 is 28.8 Å². The first kappa shape index (κ1) is 20.8. The molecule has 0 spiro atoms. The van der Waals surface area contributed by atoms with Crippen molar-refractivity contribution in [2.24, 2.45) is 0 Å². The summed E-state index contributed by atoms with van der Waals surface area (Å²) in [6, 6.07) is 9.31. The number of carbonyl (C=O) groups is 3. The van der Waals surface area contributed by atoms with E-state index in [1.165, 1.54) is 12.1 Å². The standard InChI is InChI=1S/C20H19N3O7/c1-12-3-4-13(2)15(7-12)21-18(24)10-30-20(26)9-22-16-8-14(23(27)28)5-6-17(16)29-11-19(22)25/h3-8H,9-11H2,1-2H3,(H,21,24). The molecule has 0 bridgehead atoms. The first-order valence-corrected chi connectivity index (χ1v) is 8.99. The molecule has 3 rings (SSSR count). The second-order valence-electron chi connectivity index (χ2n) is 6.70. The lowest BCUT2D eigenvalue weighted by atomic mass is 10.1. The molecule has 0 saturated heterocycles. The van der Waals surface area contributed by atoms with Gasteiger partial charge in [-0.1, -0.05) is 12.1 Å². The van der Waals surface area contributed by atoms with Crippen molar-refractivity contribution >= 4 is 34.8 Å². The largest absolute Gasteiger partial charge is 0.482 e. The van der Waals surface area contributed by atoms with Crippen LogP contribution in [0.1, 0.15) is 11.1 Å². The van der Waals surface area contributed by atoms with Crippen molar-refractivity contribution in [3.63, 3.8) is 0 Å². The number of nitrogens with one attached hydrogen (secondary N) is 1. The van der Waals surface area contributed by atoms with E-state index in [9.17, 15) is 24.5 Å². The van der Waals surface area contributed by atoms with Crippen LogP contribution in [0.5, 0.6) is 5.75 Å². The van der Waals surface area contributed by atoms with Crippen molar-refractivity contribution in [1.29, 1.82) is 0 Å². The summed E-state index contributed by atoms with van der Waals surface area (Å²) in [7, 11) is 0. The summed E-state index contributed by atoms with van der Waals surface area (Å²) in [5.41, 5.74) is 2.28. The van der Waals surface area contributed by atoms with Crippen molar-refractivity contribution in [2.45, 2.75) is 13.8 Å². The molecule has 1 N–H and O–H groups in total. The van der Waals surface area contributed by atoms with Crippen molar-refractivity contribution in [3.8, 4) is 5.75 Å². The van der Waals surface area contributed by atoms with Gasteiger partial charge in [-0.2, -0.15) is 0 Å². The van der Waals surface area contributed by atoms with Crippen molar-refractivity contribution in [3.05, 3.63) is 57.6 Å². The SMILES string of the molecule is Cc1ccc(C)c(NC(=O)COC(=O)CN2C(=O)COc3ccc([N+](=O)[O-])cc32)c1. The first-order valence-electron chi connectivity index (χ1n) is 8.99. The predicted octanol–water partition coefficient (Wildman–Crippen LogP) is 2.12. The van der Waals surface area contributed by atoms with Crippen LogP contribution in [0.25, 0.3) is 0 Å². The number of rotatable bonds is 6. The average Bonchev–Trinajstić information content (AvgIpc) is 2.71. The maximum atomic E-state index is 12.2. The van der Waals surface area contributed by atoms with Crippen LogP contribution in [0.15, 0.2) is 36.4 Å². The molecule has 2 aromatic rings. The molecule has 2 aromatic carbocycles. The van der Waals surface area contributed by atoms with Crippen LogP contribution in [0.4, 0.5) is 17.1 Å².